The van der Waals surface area contributed by atoms with Gasteiger partial charge in [0.1, 0.15) is 17.3 Å². The molecule has 1 aliphatic carbocycles. The number of carbonyl (C=O) groups excluding carboxylic acids is 2. The van der Waals surface area contributed by atoms with Crippen molar-refractivity contribution in [2.45, 2.75) is 86.5 Å². The molecule has 2 heterocycles. The summed E-state index contributed by atoms with van der Waals surface area (Å²) >= 11 is 0. The standard InChI is InChI=1S/C11H22.C10H10O2.C7H9NO2/c1-4-7-11(8-5-2)9-10(11)6-3;1-4-8-6-10(7(3)11)12-9(8)5-2;1-5-3-7(10-8-5)4-6(2)9/h10H,4-9H2,1-3H3;4-6H,1-2H2,3H3;3H,4H2,1-2H3. The number of nitrogens with zero attached hydrogens (tertiary/aromatic N) is 1. The average molecular weight is 456 g/mol. The fourth-order valence-corrected chi connectivity index (χ4v) is 4.40. The molecule has 33 heavy (non-hydrogen) atoms. The molecule has 0 bridgehead atoms. The van der Waals surface area contributed by atoms with Crippen LogP contribution in [-0.4, -0.2) is 16.7 Å². The lowest BCUT2D eigenvalue weighted by molar-refractivity contribution is -0.116. The lowest BCUT2D eigenvalue weighted by Gasteiger charge is -2.14. The molecule has 0 aliphatic heterocycles. The maximum atomic E-state index is 10.9. The third kappa shape index (κ3) is 8.99. The number of Topliss-reactive ketones (excluding diaryl/α,β-unsaturated/α-hetero) is 2. The summed E-state index contributed by atoms with van der Waals surface area (Å²) in [5.41, 5.74) is 2.43. The van der Waals surface area contributed by atoms with Crippen molar-refractivity contribution in [3.63, 3.8) is 0 Å². The van der Waals surface area contributed by atoms with Gasteiger partial charge >= 0.3 is 0 Å². The highest BCUT2D eigenvalue weighted by molar-refractivity contribution is 5.92. The first-order valence-corrected chi connectivity index (χ1v) is 12.0. The van der Waals surface area contributed by atoms with Crippen LogP contribution in [0.15, 0.2) is 34.2 Å². The molecule has 1 fully saturated rings. The fraction of sp³-hybridized carbons (Fsp3) is 0.536. The van der Waals surface area contributed by atoms with Crippen LogP contribution in [0.3, 0.4) is 0 Å². The third-order valence-electron chi connectivity index (χ3n) is 5.99. The maximum absolute atomic E-state index is 10.9. The van der Waals surface area contributed by atoms with Gasteiger partial charge in [0.2, 0.25) is 0 Å². The van der Waals surface area contributed by atoms with Gasteiger partial charge in [-0.15, -0.1) is 0 Å². The molecule has 5 nitrogen and oxygen atoms in total. The zero-order chi connectivity index (χ0) is 25.0. The largest absolute Gasteiger partial charge is 0.453 e. The number of carbonyl (C=O) groups is 2. The molecule has 0 radical (unpaired) electrons. The number of hydrogen-bond donors (Lipinski definition) is 0. The molecule has 1 atom stereocenters. The molecular weight excluding hydrogens is 414 g/mol. The van der Waals surface area contributed by atoms with Crippen LogP contribution in [0.25, 0.3) is 12.2 Å². The molecule has 2 aromatic rings. The van der Waals surface area contributed by atoms with E-state index in [0.29, 0.717) is 23.7 Å². The first-order valence-electron chi connectivity index (χ1n) is 12.0. The highest BCUT2D eigenvalue weighted by Crippen LogP contribution is 2.60. The quantitative estimate of drug-likeness (QED) is 0.341. The molecule has 1 aliphatic rings. The van der Waals surface area contributed by atoms with Crippen LogP contribution in [-0.2, 0) is 11.2 Å². The molecule has 0 spiro atoms. The summed E-state index contributed by atoms with van der Waals surface area (Å²) in [4.78, 5) is 21.4. The summed E-state index contributed by atoms with van der Waals surface area (Å²) in [6, 6.07) is 3.42. The molecular formula is C28H41NO4. The highest BCUT2D eigenvalue weighted by Gasteiger charge is 2.50. The van der Waals surface area contributed by atoms with E-state index in [1.807, 2.05) is 6.92 Å². The third-order valence-corrected chi connectivity index (χ3v) is 5.99. The first kappa shape index (κ1) is 28.3. The molecule has 0 amide bonds. The van der Waals surface area contributed by atoms with Crippen LogP contribution >= 0.6 is 0 Å². The number of aromatic nitrogens is 1. The summed E-state index contributed by atoms with van der Waals surface area (Å²) in [5, 5.41) is 3.64. The number of hydrogen-bond acceptors (Lipinski definition) is 5. The second-order valence-corrected chi connectivity index (χ2v) is 8.88. The van der Waals surface area contributed by atoms with Crippen LogP contribution in [0.4, 0.5) is 0 Å². The molecule has 0 saturated heterocycles. The first-order chi connectivity index (χ1) is 15.7. The molecule has 2 aromatic heterocycles. The predicted molar refractivity (Wildman–Crippen MR) is 135 cm³/mol. The Balaban J connectivity index is 0.000000249. The molecule has 182 valence electrons. The molecule has 1 saturated carbocycles. The van der Waals surface area contributed by atoms with E-state index in [1.54, 1.807) is 24.3 Å². The van der Waals surface area contributed by atoms with Gasteiger partial charge in [-0.1, -0.05) is 64.4 Å². The van der Waals surface area contributed by atoms with E-state index in [0.717, 1.165) is 22.6 Å². The van der Waals surface area contributed by atoms with Crippen molar-refractivity contribution in [1.82, 2.24) is 5.16 Å². The van der Waals surface area contributed by atoms with Crippen LogP contribution in [0.1, 0.15) is 106 Å². The number of rotatable bonds is 10. The minimum absolute atomic E-state index is 0.0915. The van der Waals surface area contributed by atoms with Gasteiger partial charge in [-0.2, -0.15) is 0 Å². The summed E-state index contributed by atoms with van der Waals surface area (Å²) < 4.78 is 9.98. The summed E-state index contributed by atoms with van der Waals surface area (Å²) in [7, 11) is 0. The van der Waals surface area contributed by atoms with Crippen molar-refractivity contribution in [3.05, 3.63) is 53.8 Å². The lowest BCUT2D eigenvalue weighted by Crippen LogP contribution is -2.02. The number of furan rings is 1. The van der Waals surface area contributed by atoms with Gasteiger partial charge in [0, 0.05) is 18.6 Å². The Morgan fingerprint density at radius 2 is 1.76 bits per heavy atom. The van der Waals surface area contributed by atoms with E-state index in [1.165, 1.54) is 52.4 Å². The van der Waals surface area contributed by atoms with Crippen LogP contribution in [0.5, 0.6) is 0 Å². The Morgan fingerprint density at radius 3 is 2.09 bits per heavy atom. The minimum atomic E-state index is -0.0915. The van der Waals surface area contributed by atoms with Gasteiger partial charge in [0.15, 0.2) is 11.5 Å². The predicted octanol–water partition coefficient (Wildman–Crippen LogP) is 7.89. The Morgan fingerprint density at radius 1 is 1.12 bits per heavy atom. The van der Waals surface area contributed by atoms with Gasteiger partial charge in [-0.25, -0.2) is 0 Å². The van der Waals surface area contributed by atoms with E-state index in [-0.39, 0.29) is 11.6 Å². The van der Waals surface area contributed by atoms with Gasteiger partial charge in [-0.3, -0.25) is 9.59 Å². The molecule has 1 unspecified atom stereocenters. The Labute approximate surface area is 199 Å². The fourth-order valence-electron chi connectivity index (χ4n) is 4.40. The van der Waals surface area contributed by atoms with Gasteiger partial charge < -0.3 is 8.94 Å². The Kier molecular flexibility index (Phi) is 11.8. The second kappa shape index (κ2) is 13.8. The normalized spacial score (nSPS) is 15.4. The maximum Gasteiger partial charge on any atom is 0.194 e. The Hall–Kier alpha value is -2.69. The van der Waals surface area contributed by atoms with Crippen molar-refractivity contribution in [3.8, 4) is 0 Å². The highest BCUT2D eigenvalue weighted by atomic mass is 16.5. The van der Waals surface area contributed by atoms with E-state index in [9.17, 15) is 9.59 Å². The van der Waals surface area contributed by atoms with Gasteiger partial charge in [0.25, 0.3) is 0 Å². The monoisotopic (exact) mass is 455 g/mol. The van der Waals surface area contributed by atoms with E-state index in [4.69, 9.17) is 8.94 Å². The van der Waals surface area contributed by atoms with Crippen LogP contribution in [0, 0.1) is 18.3 Å². The second-order valence-electron chi connectivity index (χ2n) is 8.88. The van der Waals surface area contributed by atoms with Gasteiger partial charge in [0.05, 0.1) is 12.1 Å². The summed E-state index contributed by atoms with van der Waals surface area (Å²) in [6.45, 7) is 19.0. The average Bonchev–Trinajstić information content (AvgIpc) is 3.08. The van der Waals surface area contributed by atoms with Crippen molar-refractivity contribution >= 4 is 23.7 Å². The Bertz CT molecular complexity index is 887. The van der Waals surface area contributed by atoms with Crippen molar-refractivity contribution < 1.29 is 18.5 Å². The summed E-state index contributed by atoms with van der Waals surface area (Å²) in [5.74, 6) is 2.67. The minimum Gasteiger partial charge on any atom is -0.453 e. The number of ketones is 2. The molecule has 3 rings (SSSR count). The lowest BCUT2D eigenvalue weighted by atomic mass is 9.91. The van der Waals surface area contributed by atoms with E-state index >= 15 is 0 Å². The molecule has 0 aromatic carbocycles. The number of aryl methyl sites for hydroxylation is 1. The SMILES string of the molecule is C=Cc1cc(C(C)=O)oc1C=C.CC(=O)Cc1cc(C)no1.CCCC1(CCC)CC1CC. The zero-order valence-corrected chi connectivity index (χ0v) is 21.3. The van der Waals surface area contributed by atoms with Crippen molar-refractivity contribution in [1.29, 1.82) is 0 Å². The van der Waals surface area contributed by atoms with E-state index in [2.05, 4.69) is 39.1 Å². The van der Waals surface area contributed by atoms with E-state index < -0.39 is 0 Å². The van der Waals surface area contributed by atoms with Crippen molar-refractivity contribution in [2.24, 2.45) is 11.3 Å². The zero-order valence-electron chi connectivity index (χ0n) is 21.3. The van der Waals surface area contributed by atoms with Crippen molar-refractivity contribution in [2.75, 3.05) is 0 Å². The van der Waals surface area contributed by atoms with Crippen LogP contribution < -0.4 is 0 Å². The molecule has 0 N–H and O–H groups in total. The summed E-state index contributed by atoms with van der Waals surface area (Å²) in [6.07, 6.45) is 12.2. The molecule has 5 heteroatoms. The van der Waals surface area contributed by atoms with Crippen LogP contribution in [0.2, 0.25) is 0 Å². The van der Waals surface area contributed by atoms with Gasteiger partial charge in [-0.05, 0) is 56.6 Å². The topological polar surface area (TPSA) is 73.3 Å². The smallest absolute Gasteiger partial charge is 0.194 e.